The number of amides is 1. The molecular formula is C15H25ClN2O. The van der Waals surface area contributed by atoms with Crippen LogP contribution in [0.25, 0.3) is 0 Å². The van der Waals surface area contributed by atoms with Gasteiger partial charge in [-0.15, -0.1) is 12.4 Å². The first kappa shape index (κ1) is 17.9. The topological polar surface area (TPSA) is 55.1 Å². The van der Waals surface area contributed by atoms with Crippen molar-refractivity contribution < 1.29 is 4.79 Å². The number of hydrogen-bond donors (Lipinski definition) is 2. The van der Waals surface area contributed by atoms with Crippen molar-refractivity contribution >= 4 is 18.3 Å². The van der Waals surface area contributed by atoms with Gasteiger partial charge in [0.25, 0.3) is 0 Å². The van der Waals surface area contributed by atoms with Crippen molar-refractivity contribution in [3.05, 3.63) is 35.9 Å². The van der Waals surface area contributed by atoms with Crippen molar-refractivity contribution in [2.24, 2.45) is 5.73 Å². The van der Waals surface area contributed by atoms with E-state index in [-0.39, 0.29) is 24.4 Å². The molecule has 0 aromatic heterocycles. The summed E-state index contributed by atoms with van der Waals surface area (Å²) in [5.41, 5.74) is 6.04. The summed E-state index contributed by atoms with van der Waals surface area (Å²) >= 11 is 0. The zero-order valence-corrected chi connectivity index (χ0v) is 12.8. The highest BCUT2D eigenvalue weighted by Gasteiger charge is 2.31. The summed E-state index contributed by atoms with van der Waals surface area (Å²) in [5, 5.41) is 3.04. The minimum absolute atomic E-state index is 0. The largest absolute Gasteiger partial charge is 0.351 e. The van der Waals surface area contributed by atoms with E-state index in [0.717, 1.165) is 24.8 Å². The van der Waals surface area contributed by atoms with Crippen LogP contribution < -0.4 is 11.1 Å². The third-order valence-corrected chi connectivity index (χ3v) is 3.31. The number of carbonyl (C=O) groups is 1. The van der Waals surface area contributed by atoms with Crippen molar-refractivity contribution in [2.45, 2.75) is 51.6 Å². The lowest BCUT2D eigenvalue weighted by molar-refractivity contribution is -0.126. The monoisotopic (exact) mass is 284 g/mol. The van der Waals surface area contributed by atoms with Crippen LogP contribution in [-0.4, -0.2) is 11.9 Å². The number of halogens is 1. The summed E-state index contributed by atoms with van der Waals surface area (Å²) in [5.74, 6) is -0.103. The van der Waals surface area contributed by atoms with E-state index in [0.29, 0.717) is 0 Å². The lowest BCUT2D eigenvalue weighted by Crippen LogP contribution is -2.51. The zero-order valence-electron chi connectivity index (χ0n) is 12.0. The number of benzene rings is 1. The molecule has 0 bridgehead atoms. The summed E-state index contributed by atoms with van der Waals surface area (Å²) in [6.45, 7) is 5.96. The molecule has 0 aliphatic rings. The quantitative estimate of drug-likeness (QED) is 0.844. The number of hydrogen-bond acceptors (Lipinski definition) is 2. The van der Waals surface area contributed by atoms with Crippen LogP contribution in [0.2, 0.25) is 0 Å². The van der Waals surface area contributed by atoms with Gasteiger partial charge in [0.05, 0.1) is 0 Å². The van der Waals surface area contributed by atoms with E-state index in [1.54, 1.807) is 6.92 Å². The smallest absolute Gasteiger partial charge is 0.244 e. The van der Waals surface area contributed by atoms with Gasteiger partial charge in [-0.05, 0) is 25.3 Å². The molecule has 1 aromatic rings. The Kier molecular flexibility index (Phi) is 7.72. The van der Waals surface area contributed by atoms with Gasteiger partial charge in [0, 0.05) is 6.04 Å². The fraction of sp³-hybridized carbons (Fsp3) is 0.533. The van der Waals surface area contributed by atoms with E-state index < -0.39 is 5.54 Å². The van der Waals surface area contributed by atoms with Gasteiger partial charge in [-0.2, -0.15) is 0 Å². The molecule has 0 saturated heterocycles. The molecule has 0 radical (unpaired) electrons. The Bertz CT molecular complexity index is 379. The Balaban J connectivity index is 0.00000324. The molecule has 19 heavy (non-hydrogen) atoms. The van der Waals surface area contributed by atoms with Gasteiger partial charge in [0.2, 0.25) is 5.91 Å². The number of nitrogens with one attached hydrogen (secondary N) is 1. The minimum atomic E-state index is -0.970. The SMILES string of the molecule is CCCC(CC)NC(=O)C(C)(N)c1ccccc1.Cl. The van der Waals surface area contributed by atoms with Gasteiger partial charge >= 0.3 is 0 Å². The van der Waals surface area contributed by atoms with Crippen molar-refractivity contribution in [1.29, 1.82) is 0 Å². The summed E-state index contributed by atoms with van der Waals surface area (Å²) in [4.78, 5) is 12.3. The normalized spacial score (nSPS) is 14.9. The van der Waals surface area contributed by atoms with Crippen molar-refractivity contribution in [1.82, 2.24) is 5.32 Å². The van der Waals surface area contributed by atoms with Crippen molar-refractivity contribution in [2.75, 3.05) is 0 Å². The molecule has 4 heteroatoms. The molecule has 3 nitrogen and oxygen atoms in total. The molecule has 0 fully saturated rings. The Morgan fingerprint density at radius 1 is 1.32 bits per heavy atom. The summed E-state index contributed by atoms with van der Waals surface area (Å²) < 4.78 is 0. The van der Waals surface area contributed by atoms with Crippen LogP contribution in [0.3, 0.4) is 0 Å². The predicted molar refractivity (Wildman–Crippen MR) is 82.4 cm³/mol. The average molecular weight is 285 g/mol. The number of rotatable bonds is 6. The number of carbonyl (C=O) groups excluding carboxylic acids is 1. The second kappa shape index (κ2) is 8.18. The summed E-state index contributed by atoms with van der Waals surface area (Å²) in [6.07, 6.45) is 2.99. The van der Waals surface area contributed by atoms with Crippen LogP contribution in [0.1, 0.15) is 45.6 Å². The predicted octanol–water partition coefficient (Wildman–Crippen LogP) is 2.98. The van der Waals surface area contributed by atoms with Crippen LogP contribution in [0.5, 0.6) is 0 Å². The van der Waals surface area contributed by atoms with Crippen LogP contribution in [0, 0.1) is 0 Å². The Labute approximate surface area is 122 Å². The molecule has 2 unspecified atom stereocenters. The highest BCUT2D eigenvalue weighted by Crippen LogP contribution is 2.18. The van der Waals surface area contributed by atoms with Gasteiger partial charge in [-0.1, -0.05) is 50.6 Å². The second-order valence-electron chi connectivity index (χ2n) is 4.94. The Morgan fingerprint density at radius 3 is 2.37 bits per heavy atom. The van der Waals surface area contributed by atoms with E-state index in [1.165, 1.54) is 0 Å². The van der Waals surface area contributed by atoms with E-state index in [4.69, 9.17) is 5.73 Å². The zero-order chi connectivity index (χ0) is 13.6. The first-order chi connectivity index (χ1) is 8.52. The van der Waals surface area contributed by atoms with E-state index in [2.05, 4.69) is 19.2 Å². The second-order valence-corrected chi connectivity index (χ2v) is 4.94. The summed E-state index contributed by atoms with van der Waals surface area (Å²) in [7, 11) is 0. The highest BCUT2D eigenvalue weighted by atomic mass is 35.5. The summed E-state index contributed by atoms with van der Waals surface area (Å²) in [6, 6.07) is 9.72. The van der Waals surface area contributed by atoms with E-state index >= 15 is 0 Å². The molecule has 0 aliphatic carbocycles. The maximum absolute atomic E-state index is 12.3. The molecule has 0 aliphatic heterocycles. The third-order valence-electron chi connectivity index (χ3n) is 3.31. The van der Waals surface area contributed by atoms with Crippen molar-refractivity contribution in [3.63, 3.8) is 0 Å². The lowest BCUT2D eigenvalue weighted by Gasteiger charge is -2.27. The van der Waals surface area contributed by atoms with Crippen LogP contribution >= 0.6 is 12.4 Å². The fourth-order valence-corrected chi connectivity index (χ4v) is 1.98. The van der Waals surface area contributed by atoms with Gasteiger partial charge in [0.1, 0.15) is 5.54 Å². The highest BCUT2D eigenvalue weighted by molar-refractivity contribution is 5.87. The molecule has 2 atom stereocenters. The molecule has 1 amide bonds. The van der Waals surface area contributed by atoms with Crippen LogP contribution in [0.15, 0.2) is 30.3 Å². The first-order valence-corrected chi connectivity index (χ1v) is 6.67. The lowest BCUT2D eigenvalue weighted by atomic mass is 9.91. The van der Waals surface area contributed by atoms with Crippen LogP contribution in [0.4, 0.5) is 0 Å². The molecule has 1 aromatic carbocycles. The standard InChI is InChI=1S/C15H24N2O.ClH/c1-4-9-13(5-2)17-14(18)15(3,16)12-10-7-6-8-11-12;/h6-8,10-11,13H,4-5,9,16H2,1-3H3,(H,17,18);1H. The molecule has 3 N–H and O–H groups in total. The molecule has 0 saturated carbocycles. The molecule has 0 spiro atoms. The molecule has 1 rings (SSSR count). The fourth-order valence-electron chi connectivity index (χ4n) is 1.98. The Hall–Kier alpha value is -1.06. The van der Waals surface area contributed by atoms with Crippen molar-refractivity contribution in [3.8, 4) is 0 Å². The average Bonchev–Trinajstić information content (AvgIpc) is 2.39. The van der Waals surface area contributed by atoms with Gasteiger partial charge in [0.15, 0.2) is 0 Å². The minimum Gasteiger partial charge on any atom is -0.351 e. The maximum atomic E-state index is 12.3. The van der Waals surface area contributed by atoms with Gasteiger partial charge in [-0.3, -0.25) is 4.79 Å². The first-order valence-electron chi connectivity index (χ1n) is 6.67. The maximum Gasteiger partial charge on any atom is 0.244 e. The van der Waals surface area contributed by atoms with E-state index in [9.17, 15) is 4.79 Å². The molecule has 108 valence electrons. The van der Waals surface area contributed by atoms with E-state index in [1.807, 2.05) is 30.3 Å². The molecule has 0 heterocycles. The van der Waals surface area contributed by atoms with Gasteiger partial charge < -0.3 is 11.1 Å². The van der Waals surface area contributed by atoms with Crippen LogP contribution in [-0.2, 0) is 10.3 Å². The third kappa shape index (κ3) is 4.84. The Morgan fingerprint density at radius 2 is 1.89 bits per heavy atom. The van der Waals surface area contributed by atoms with Gasteiger partial charge in [-0.25, -0.2) is 0 Å². The number of nitrogens with two attached hydrogens (primary N) is 1. The molecular weight excluding hydrogens is 260 g/mol.